The van der Waals surface area contributed by atoms with Crippen molar-refractivity contribution in [1.82, 2.24) is 14.1 Å². The van der Waals surface area contributed by atoms with Crippen molar-refractivity contribution in [3.8, 4) is 11.8 Å². The minimum atomic E-state index is 0.505. The Hall–Kier alpha value is -3.58. The monoisotopic (exact) mass is 366 g/mol. The van der Waals surface area contributed by atoms with E-state index in [0.717, 1.165) is 33.7 Å². The van der Waals surface area contributed by atoms with E-state index in [1.165, 1.54) is 5.56 Å². The van der Waals surface area contributed by atoms with E-state index in [-0.39, 0.29) is 0 Å². The largest absolute Gasteiger partial charge is 0.325 e. The molecular formula is C24H22N4. The Kier molecular flexibility index (Phi) is 4.58. The highest BCUT2D eigenvalue weighted by molar-refractivity contribution is 5.75. The molecule has 28 heavy (non-hydrogen) atoms. The number of para-hydroxylation sites is 2. The molecule has 0 aliphatic heterocycles. The number of hydrogen-bond donors (Lipinski definition) is 0. The number of allylic oxidation sites excluding steroid dienone is 1. The first-order valence-corrected chi connectivity index (χ1v) is 9.33. The molecule has 2 aromatic carbocycles. The third-order valence-electron chi connectivity index (χ3n) is 5.10. The second-order valence-electron chi connectivity index (χ2n) is 7.14. The number of imidazole rings is 1. The fraction of sp³-hybridized carbons (Fsp3) is 0.167. The maximum Gasteiger partial charge on any atom is 0.0966 e. The molecule has 4 aromatic rings. The fourth-order valence-electron chi connectivity index (χ4n) is 3.65. The summed E-state index contributed by atoms with van der Waals surface area (Å²) in [6, 6.07) is 21.0. The molecule has 0 fully saturated rings. The molecule has 4 heteroatoms. The zero-order valence-corrected chi connectivity index (χ0v) is 16.3. The average molecular weight is 366 g/mol. The van der Waals surface area contributed by atoms with Gasteiger partial charge in [0.25, 0.3) is 0 Å². The van der Waals surface area contributed by atoms with Crippen LogP contribution in [0.3, 0.4) is 0 Å². The number of benzene rings is 2. The Balaban J connectivity index is 1.70. The highest BCUT2D eigenvalue weighted by Crippen LogP contribution is 2.24. The van der Waals surface area contributed by atoms with Crippen LogP contribution in [-0.4, -0.2) is 14.1 Å². The van der Waals surface area contributed by atoms with Crippen LogP contribution in [0, 0.1) is 32.1 Å². The van der Waals surface area contributed by atoms with Gasteiger partial charge in [-0.2, -0.15) is 5.26 Å². The third kappa shape index (κ3) is 3.23. The van der Waals surface area contributed by atoms with Gasteiger partial charge in [-0.25, -0.2) is 4.98 Å². The van der Waals surface area contributed by atoms with Gasteiger partial charge in [0.15, 0.2) is 0 Å². The summed E-state index contributed by atoms with van der Waals surface area (Å²) in [7, 11) is 0. The zero-order valence-electron chi connectivity index (χ0n) is 16.3. The lowest BCUT2D eigenvalue weighted by Crippen LogP contribution is -2.00. The summed E-state index contributed by atoms with van der Waals surface area (Å²) in [4.78, 5) is 4.42. The maximum absolute atomic E-state index is 9.71. The maximum atomic E-state index is 9.71. The van der Waals surface area contributed by atoms with Crippen LogP contribution in [0.1, 0.15) is 22.5 Å². The summed E-state index contributed by atoms with van der Waals surface area (Å²) in [6.45, 7) is 6.79. The molecule has 4 nitrogen and oxygen atoms in total. The van der Waals surface area contributed by atoms with Gasteiger partial charge in [0.05, 0.1) is 30.0 Å². The second kappa shape index (κ2) is 7.21. The van der Waals surface area contributed by atoms with Crippen LogP contribution < -0.4 is 0 Å². The van der Waals surface area contributed by atoms with E-state index >= 15 is 0 Å². The molecule has 0 saturated heterocycles. The lowest BCUT2D eigenvalue weighted by Gasteiger charge is -2.10. The quantitative estimate of drug-likeness (QED) is 0.457. The van der Waals surface area contributed by atoms with Gasteiger partial charge in [-0.3, -0.25) is 0 Å². The predicted molar refractivity (Wildman–Crippen MR) is 113 cm³/mol. The van der Waals surface area contributed by atoms with Crippen LogP contribution in [0.25, 0.3) is 22.8 Å². The summed E-state index contributed by atoms with van der Waals surface area (Å²) < 4.78 is 4.25. The molecule has 0 amide bonds. The highest BCUT2D eigenvalue weighted by atomic mass is 15.0. The van der Waals surface area contributed by atoms with Gasteiger partial charge < -0.3 is 9.13 Å². The Morgan fingerprint density at radius 1 is 1.07 bits per heavy atom. The average Bonchev–Trinajstić information content (AvgIpc) is 3.23. The normalized spacial score (nSPS) is 11.7. The van der Waals surface area contributed by atoms with Crippen LogP contribution in [0.5, 0.6) is 0 Å². The van der Waals surface area contributed by atoms with Gasteiger partial charge in [-0.1, -0.05) is 29.8 Å². The lowest BCUT2D eigenvalue weighted by molar-refractivity contribution is 0.830. The Bertz CT molecular complexity index is 1210. The number of hydrogen-bond acceptors (Lipinski definition) is 2. The minimum absolute atomic E-state index is 0.505. The van der Waals surface area contributed by atoms with Gasteiger partial charge in [0.2, 0.25) is 0 Å². The second-order valence-corrected chi connectivity index (χ2v) is 7.14. The highest BCUT2D eigenvalue weighted by Gasteiger charge is 2.11. The lowest BCUT2D eigenvalue weighted by atomic mass is 10.1. The van der Waals surface area contributed by atoms with Gasteiger partial charge in [-0.15, -0.1) is 0 Å². The molecule has 0 N–H and O–H groups in total. The topological polar surface area (TPSA) is 46.5 Å². The van der Waals surface area contributed by atoms with Crippen LogP contribution in [0.4, 0.5) is 0 Å². The first-order chi connectivity index (χ1) is 13.6. The summed E-state index contributed by atoms with van der Waals surface area (Å²) in [5, 5.41) is 9.71. The molecule has 0 radical (unpaired) electrons. The van der Waals surface area contributed by atoms with Gasteiger partial charge in [0, 0.05) is 22.6 Å². The van der Waals surface area contributed by atoms with Gasteiger partial charge in [0.1, 0.15) is 0 Å². The molecule has 0 spiro atoms. The molecule has 0 aliphatic carbocycles. The molecule has 138 valence electrons. The number of aryl methyl sites for hydroxylation is 2. The number of aromatic nitrogens is 3. The molecule has 0 aliphatic rings. The molecular weight excluding hydrogens is 344 g/mol. The van der Waals surface area contributed by atoms with Crippen molar-refractivity contribution in [2.75, 3.05) is 0 Å². The number of nitriles is 1. The Morgan fingerprint density at radius 2 is 1.82 bits per heavy atom. The van der Waals surface area contributed by atoms with Crippen molar-refractivity contribution in [1.29, 1.82) is 5.26 Å². The van der Waals surface area contributed by atoms with Gasteiger partial charge >= 0.3 is 0 Å². The van der Waals surface area contributed by atoms with Crippen LogP contribution in [0.2, 0.25) is 0 Å². The number of nitrogens with zero attached hydrogens (tertiary/aromatic N) is 4. The summed E-state index contributed by atoms with van der Waals surface area (Å²) >= 11 is 0. The van der Waals surface area contributed by atoms with Crippen molar-refractivity contribution in [3.05, 3.63) is 89.0 Å². The summed E-state index contributed by atoms with van der Waals surface area (Å²) in [6.07, 6.45) is 3.78. The molecule has 0 unspecified atom stereocenters. The van der Waals surface area contributed by atoms with Crippen molar-refractivity contribution >= 4 is 17.1 Å². The number of rotatable bonds is 4. The van der Waals surface area contributed by atoms with E-state index in [1.54, 1.807) is 6.33 Å². The van der Waals surface area contributed by atoms with Crippen molar-refractivity contribution in [3.63, 3.8) is 0 Å². The molecule has 0 bridgehead atoms. The van der Waals surface area contributed by atoms with Crippen LogP contribution in [-0.2, 0) is 6.54 Å². The molecule has 4 rings (SSSR count). The SMILES string of the molecule is Cc1ccc(-n2c(C)cc(/C=C(/C#N)Cn3cnc4ccccc43)c2C)cc1. The van der Waals surface area contributed by atoms with E-state index in [4.69, 9.17) is 0 Å². The predicted octanol–water partition coefficient (Wildman–Crippen LogP) is 5.36. The molecule has 0 atom stereocenters. The van der Waals surface area contributed by atoms with E-state index < -0.39 is 0 Å². The molecule has 2 heterocycles. The van der Waals surface area contributed by atoms with Gasteiger partial charge in [-0.05, 0) is 62.7 Å². The van der Waals surface area contributed by atoms with E-state index in [9.17, 15) is 5.26 Å². The summed E-state index contributed by atoms with van der Waals surface area (Å²) in [5.74, 6) is 0. The minimum Gasteiger partial charge on any atom is -0.325 e. The Morgan fingerprint density at radius 3 is 2.57 bits per heavy atom. The molecule has 0 saturated carbocycles. The fourth-order valence-corrected chi connectivity index (χ4v) is 3.65. The number of fused-ring (bicyclic) bond motifs is 1. The van der Waals surface area contributed by atoms with Crippen molar-refractivity contribution in [2.45, 2.75) is 27.3 Å². The van der Waals surface area contributed by atoms with Crippen LogP contribution in [0.15, 0.2) is 66.5 Å². The van der Waals surface area contributed by atoms with Crippen molar-refractivity contribution in [2.24, 2.45) is 0 Å². The third-order valence-corrected chi connectivity index (χ3v) is 5.10. The van der Waals surface area contributed by atoms with E-state index in [0.29, 0.717) is 12.1 Å². The smallest absolute Gasteiger partial charge is 0.0966 e. The first kappa shape index (κ1) is 17.8. The van der Waals surface area contributed by atoms with Crippen LogP contribution >= 0.6 is 0 Å². The van der Waals surface area contributed by atoms with E-state index in [1.807, 2.05) is 34.9 Å². The Labute approximate surface area is 165 Å². The molecule has 2 aromatic heterocycles. The van der Waals surface area contributed by atoms with Crippen molar-refractivity contribution < 1.29 is 0 Å². The first-order valence-electron chi connectivity index (χ1n) is 9.33. The standard InChI is InChI=1S/C24H22N4/c1-17-8-10-22(11-9-17)28-18(2)12-21(19(28)3)13-20(14-25)15-27-16-26-23-6-4-5-7-24(23)27/h4-13,16H,15H2,1-3H3/b20-13-. The zero-order chi connectivity index (χ0) is 19.7. The van der Waals surface area contributed by atoms with E-state index in [2.05, 4.69) is 66.7 Å². The summed E-state index contributed by atoms with van der Waals surface area (Å²) in [5.41, 5.74) is 8.41.